The first kappa shape index (κ1) is 18.1. The number of nitrogens with one attached hydrogen (secondary N) is 2. The molecule has 0 bridgehead atoms. The third-order valence-electron chi connectivity index (χ3n) is 4.27. The highest BCUT2D eigenvalue weighted by Crippen LogP contribution is 2.38. The lowest BCUT2D eigenvalue weighted by Gasteiger charge is -2.20. The van der Waals surface area contributed by atoms with Crippen molar-refractivity contribution in [3.8, 4) is 0 Å². The van der Waals surface area contributed by atoms with Crippen molar-refractivity contribution < 1.29 is 23.1 Å². The van der Waals surface area contributed by atoms with Gasteiger partial charge in [0.15, 0.2) is 11.4 Å². The summed E-state index contributed by atoms with van der Waals surface area (Å²) >= 11 is 0. The summed E-state index contributed by atoms with van der Waals surface area (Å²) in [4.78, 5) is 24.7. The predicted molar refractivity (Wildman–Crippen MR) is 97.4 cm³/mol. The third kappa shape index (κ3) is 3.33. The fourth-order valence-electron chi connectivity index (χ4n) is 2.79. The lowest BCUT2D eigenvalue weighted by atomic mass is 9.88. The van der Waals surface area contributed by atoms with E-state index in [1.165, 1.54) is 31.2 Å². The average Bonchev–Trinajstić information content (AvgIpc) is 2.86. The van der Waals surface area contributed by atoms with Crippen LogP contribution >= 0.6 is 0 Å². The number of ketones is 1. The van der Waals surface area contributed by atoms with Gasteiger partial charge in [0, 0.05) is 22.5 Å². The Hall–Kier alpha value is -2.71. The zero-order valence-corrected chi connectivity index (χ0v) is 14.8. The van der Waals surface area contributed by atoms with E-state index in [1.807, 2.05) is 0 Å². The number of sulfonamides is 1. The monoisotopic (exact) mass is 374 g/mol. The molecule has 1 heterocycles. The molecule has 1 aliphatic heterocycles. The number of hydrogen-bond acceptors (Lipinski definition) is 5. The van der Waals surface area contributed by atoms with Crippen molar-refractivity contribution in [3.63, 3.8) is 0 Å². The summed E-state index contributed by atoms with van der Waals surface area (Å²) in [5.41, 5.74) is -0.459. The van der Waals surface area contributed by atoms with Crippen LogP contribution in [0.15, 0.2) is 48.5 Å². The molecule has 1 amide bonds. The van der Waals surface area contributed by atoms with Gasteiger partial charge in [-0.25, -0.2) is 8.42 Å². The van der Waals surface area contributed by atoms with Crippen LogP contribution in [0, 0.1) is 0 Å². The van der Waals surface area contributed by atoms with Crippen LogP contribution in [0.3, 0.4) is 0 Å². The van der Waals surface area contributed by atoms with Gasteiger partial charge in [0.25, 0.3) is 5.91 Å². The van der Waals surface area contributed by atoms with Crippen molar-refractivity contribution >= 4 is 33.1 Å². The molecule has 0 radical (unpaired) electrons. The number of Topliss-reactive ketones (excluding diaryl/α,β-unsaturated/α-hetero) is 1. The number of rotatable bonds is 6. The van der Waals surface area contributed by atoms with E-state index < -0.39 is 33.7 Å². The number of aliphatic hydroxyl groups is 1. The maximum atomic E-state index is 12.5. The quantitative estimate of drug-likeness (QED) is 0.668. The van der Waals surface area contributed by atoms with E-state index in [9.17, 15) is 23.1 Å². The minimum atomic E-state index is -3.40. The summed E-state index contributed by atoms with van der Waals surface area (Å²) in [5.74, 6) is -1.13. The van der Waals surface area contributed by atoms with E-state index in [1.54, 1.807) is 24.3 Å². The summed E-state index contributed by atoms with van der Waals surface area (Å²) in [6, 6.07) is 12.5. The van der Waals surface area contributed by atoms with Gasteiger partial charge in [-0.1, -0.05) is 18.2 Å². The van der Waals surface area contributed by atoms with Gasteiger partial charge in [-0.05, 0) is 37.3 Å². The van der Waals surface area contributed by atoms with Gasteiger partial charge in [0.1, 0.15) is 0 Å². The number of amides is 1. The average molecular weight is 374 g/mol. The maximum Gasteiger partial charge on any atom is 0.261 e. The molecule has 0 saturated carbocycles. The number of carbonyl (C=O) groups excluding carboxylic acids is 2. The molecule has 136 valence electrons. The molecule has 26 heavy (non-hydrogen) atoms. The molecular formula is C18H18N2O5S. The van der Waals surface area contributed by atoms with E-state index in [-0.39, 0.29) is 11.3 Å². The van der Waals surface area contributed by atoms with Crippen molar-refractivity contribution in [1.29, 1.82) is 0 Å². The van der Waals surface area contributed by atoms with Crippen LogP contribution in [0.4, 0.5) is 11.4 Å². The van der Waals surface area contributed by atoms with Crippen molar-refractivity contribution in [3.05, 3.63) is 59.7 Å². The zero-order chi connectivity index (χ0) is 18.9. The number of carbonyl (C=O) groups is 2. The highest BCUT2D eigenvalue weighted by atomic mass is 32.2. The Bertz CT molecular complexity index is 969. The number of hydrogen-bond donors (Lipinski definition) is 3. The normalized spacial score (nSPS) is 18.9. The van der Waals surface area contributed by atoms with Crippen LogP contribution in [0.5, 0.6) is 0 Å². The molecular weight excluding hydrogens is 356 g/mol. The summed E-state index contributed by atoms with van der Waals surface area (Å²) < 4.78 is 25.5. The topological polar surface area (TPSA) is 113 Å². The Kier molecular flexibility index (Phi) is 4.55. The van der Waals surface area contributed by atoms with Gasteiger partial charge in [-0.15, -0.1) is 0 Å². The van der Waals surface area contributed by atoms with Crippen LogP contribution in [0.2, 0.25) is 0 Å². The molecule has 3 N–H and O–H groups in total. The van der Waals surface area contributed by atoms with Crippen molar-refractivity contribution in [2.45, 2.75) is 18.9 Å². The van der Waals surface area contributed by atoms with Gasteiger partial charge < -0.3 is 10.4 Å². The smallest absolute Gasteiger partial charge is 0.261 e. The van der Waals surface area contributed by atoms with Crippen LogP contribution < -0.4 is 10.0 Å². The molecule has 1 aliphatic rings. The molecule has 0 aliphatic carbocycles. The van der Waals surface area contributed by atoms with E-state index >= 15 is 0 Å². The fourth-order valence-corrected chi connectivity index (χ4v) is 3.43. The van der Waals surface area contributed by atoms with Crippen LogP contribution in [0.1, 0.15) is 29.3 Å². The molecule has 7 nitrogen and oxygen atoms in total. The molecule has 0 unspecified atom stereocenters. The Morgan fingerprint density at radius 2 is 1.81 bits per heavy atom. The lowest BCUT2D eigenvalue weighted by Crippen LogP contribution is -2.36. The van der Waals surface area contributed by atoms with Gasteiger partial charge in [0.2, 0.25) is 10.0 Å². The fraction of sp³-hybridized carbons (Fsp3) is 0.222. The SMILES string of the molecule is CCS(=O)(=O)Nc1ccc(C(=O)C[C@]2(O)C(=O)Nc3ccccc32)cc1. The largest absolute Gasteiger partial charge is 0.375 e. The number of para-hydroxylation sites is 1. The van der Waals surface area contributed by atoms with E-state index in [2.05, 4.69) is 10.0 Å². The second kappa shape index (κ2) is 6.54. The number of fused-ring (bicyclic) bond motifs is 1. The molecule has 0 fully saturated rings. The molecule has 2 aromatic rings. The van der Waals surface area contributed by atoms with Gasteiger partial charge in [0.05, 0.1) is 12.2 Å². The van der Waals surface area contributed by atoms with Crippen LogP contribution in [-0.2, 0) is 20.4 Å². The van der Waals surface area contributed by atoms with E-state index in [0.29, 0.717) is 16.9 Å². The first-order valence-electron chi connectivity index (χ1n) is 8.02. The first-order valence-corrected chi connectivity index (χ1v) is 9.67. The second-order valence-electron chi connectivity index (χ2n) is 6.04. The zero-order valence-electron chi connectivity index (χ0n) is 14.0. The standard InChI is InChI=1S/C18H18N2O5S/c1-2-26(24,25)20-13-9-7-12(8-10-13)16(21)11-18(23)14-5-3-4-6-15(14)19-17(18)22/h3-10,20,23H,2,11H2,1H3,(H,19,22)/t18-/m1/s1. The minimum absolute atomic E-state index is 0.0603. The van der Waals surface area contributed by atoms with Gasteiger partial charge in [-0.2, -0.15) is 0 Å². The maximum absolute atomic E-state index is 12.5. The van der Waals surface area contributed by atoms with Crippen molar-refractivity contribution in [2.24, 2.45) is 0 Å². The Morgan fingerprint density at radius 3 is 2.46 bits per heavy atom. The molecule has 3 rings (SSSR count). The minimum Gasteiger partial charge on any atom is -0.375 e. The number of benzene rings is 2. The van der Waals surface area contributed by atoms with E-state index in [4.69, 9.17) is 0 Å². The molecule has 8 heteroatoms. The Balaban J connectivity index is 1.79. The number of anilines is 2. The van der Waals surface area contributed by atoms with Crippen molar-refractivity contribution in [2.75, 3.05) is 15.8 Å². The molecule has 0 aromatic heterocycles. The second-order valence-corrected chi connectivity index (χ2v) is 8.05. The molecule has 1 atom stereocenters. The van der Waals surface area contributed by atoms with Gasteiger partial charge >= 0.3 is 0 Å². The Morgan fingerprint density at radius 1 is 1.15 bits per heavy atom. The molecule has 2 aromatic carbocycles. The van der Waals surface area contributed by atoms with Crippen LogP contribution in [-0.4, -0.2) is 31.0 Å². The van der Waals surface area contributed by atoms with Gasteiger partial charge in [-0.3, -0.25) is 14.3 Å². The Labute approximate surface area is 151 Å². The van der Waals surface area contributed by atoms with Crippen molar-refractivity contribution in [1.82, 2.24) is 0 Å². The summed E-state index contributed by atoms with van der Waals surface area (Å²) in [6.45, 7) is 1.52. The third-order valence-corrected chi connectivity index (χ3v) is 5.58. The van der Waals surface area contributed by atoms with Crippen LogP contribution in [0.25, 0.3) is 0 Å². The predicted octanol–water partition coefficient (Wildman–Crippen LogP) is 1.86. The molecule has 0 spiro atoms. The summed E-state index contributed by atoms with van der Waals surface area (Å²) in [6.07, 6.45) is -0.407. The highest BCUT2D eigenvalue weighted by molar-refractivity contribution is 7.92. The first-order chi connectivity index (χ1) is 12.2. The highest BCUT2D eigenvalue weighted by Gasteiger charge is 2.46. The lowest BCUT2D eigenvalue weighted by molar-refractivity contribution is -0.133. The van der Waals surface area contributed by atoms with E-state index in [0.717, 1.165) is 0 Å². The molecule has 0 saturated heterocycles. The summed E-state index contributed by atoms with van der Waals surface area (Å²) in [5, 5.41) is 13.3. The summed E-state index contributed by atoms with van der Waals surface area (Å²) in [7, 11) is -3.40.